The van der Waals surface area contributed by atoms with Gasteiger partial charge in [0, 0.05) is 12.8 Å². The normalized spacial score (nSPS) is 13.7. The van der Waals surface area contributed by atoms with Crippen LogP contribution < -0.4 is 0 Å². The highest BCUT2D eigenvalue weighted by atomic mass is 16.6. The first kappa shape index (κ1) is 85.7. The summed E-state index contributed by atoms with van der Waals surface area (Å²) in [7, 11) is 0. The van der Waals surface area contributed by atoms with Crippen LogP contribution in [0.15, 0.2) is 243 Å². The zero-order valence-corrected chi connectivity index (χ0v) is 58.5. The Morgan fingerprint density at radius 1 is 0.250 bits per heavy atom. The van der Waals surface area contributed by atoms with Crippen molar-refractivity contribution in [3.8, 4) is 0 Å². The first-order chi connectivity index (χ1) is 45.6. The topological polar surface area (TPSA) is 72.8 Å². The van der Waals surface area contributed by atoms with E-state index in [1.54, 1.807) is 0 Å². The molecular weight excluding hydrogens is 1120 g/mol. The molecule has 0 aliphatic carbocycles. The van der Waals surface area contributed by atoms with Crippen molar-refractivity contribution < 1.29 is 24.2 Å². The third-order valence-corrected chi connectivity index (χ3v) is 14.6. The molecule has 0 aromatic heterocycles. The molecule has 5 nitrogen and oxygen atoms in total. The first-order valence-corrected chi connectivity index (χ1v) is 36.6. The van der Waals surface area contributed by atoms with Crippen LogP contribution in [0.5, 0.6) is 0 Å². The molecule has 0 aliphatic rings. The molecule has 92 heavy (non-hydrogen) atoms. The molecule has 0 heterocycles. The minimum absolute atomic E-state index is 0.0924. The molecule has 0 amide bonds. The van der Waals surface area contributed by atoms with E-state index in [2.05, 4.69) is 257 Å². The number of ether oxygens (including phenoxy) is 2. The highest BCUT2D eigenvalue weighted by molar-refractivity contribution is 5.70. The average Bonchev–Trinajstić information content (AvgIpc) is 3.64. The number of rotatable bonds is 64. The lowest BCUT2D eigenvalue weighted by Crippen LogP contribution is -2.28. The van der Waals surface area contributed by atoms with Crippen molar-refractivity contribution in [2.75, 3.05) is 13.2 Å². The molecule has 5 heteroatoms. The van der Waals surface area contributed by atoms with E-state index in [-0.39, 0.29) is 25.2 Å². The SMILES string of the molecule is CC/C=C\C/C=C\C/C=C\C/C=C\C/C=C\C/C=C\C/C=C\C/C=C\C/C=C\C/C=C\C/C=C\C/C=C\CCCCCCC(=O)OC(CO)COC(=O)CCCCCCCCCCCCCC/C=C\C/C=C\C/C=C\C/C=C\C/C=C\C/C=C\C/C=C\C/C=C\CC. The van der Waals surface area contributed by atoms with E-state index >= 15 is 0 Å². The summed E-state index contributed by atoms with van der Waals surface area (Å²) in [5.41, 5.74) is 0. The van der Waals surface area contributed by atoms with Gasteiger partial charge in [-0.25, -0.2) is 0 Å². The summed E-state index contributed by atoms with van der Waals surface area (Å²) in [5.74, 6) is -0.637. The Labute approximate surface area is 566 Å². The van der Waals surface area contributed by atoms with Crippen LogP contribution in [0, 0.1) is 0 Å². The van der Waals surface area contributed by atoms with Crippen LogP contribution in [0.1, 0.15) is 271 Å². The molecule has 0 aromatic carbocycles. The number of carbonyl (C=O) groups is 2. The van der Waals surface area contributed by atoms with Gasteiger partial charge in [0.1, 0.15) is 6.61 Å². The summed E-state index contributed by atoms with van der Waals surface area (Å²) in [4.78, 5) is 24.7. The number of unbranched alkanes of at least 4 members (excludes halogenated alkanes) is 16. The molecule has 0 aliphatic heterocycles. The highest BCUT2D eigenvalue weighted by Gasteiger charge is 2.16. The zero-order valence-electron chi connectivity index (χ0n) is 58.5. The molecular formula is C87H132O5. The van der Waals surface area contributed by atoms with E-state index in [9.17, 15) is 14.7 Å². The number of allylic oxidation sites excluding steroid dienone is 40. The van der Waals surface area contributed by atoms with Crippen LogP contribution in [0.3, 0.4) is 0 Å². The van der Waals surface area contributed by atoms with Crippen LogP contribution >= 0.6 is 0 Å². The van der Waals surface area contributed by atoms with Gasteiger partial charge in [0.05, 0.1) is 6.61 Å². The fraction of sp³-hybridized carbons (Fsp3) is 0.517. The van der Waals surface area contributed by atoms with Crippen LogP contribution in [0.2, 0.25) is 0 Å². The van der Waals surface area contributed by atoms with Gasteiger partial charge in [0.15, 0.2) is 6.10 Å². The number of carbonyl (C=O) groups excluding carboxylic acids is 2. The predicted molar refractivity (Wildman–Crippen MR) is 407 cm³/mol. The van der Waals surface area contributed by atoms with E-state index in [0.29, 0.717) is 12.8 Å². The minimum atomic E-state index is -0.807. The third-order valence-electron chi connectivity index (χ3n) is 14.6. The number of aliphatic hydroxyl groups is 1. The molecule has 0 fully saturated rings. The van der Waals surface area contributed by atoms with Crippen molar-refractivity contribution in [1.29, 1.82) is 0 Å². The van der Waals surface area contributed by atoms with Gasteiger partial charge in [-0.1, -0.05) is 334 Å². The number of hydrogen-bond acceptors (Lipinski definition) is 5. The molecule has 0 aromatic rings. The van der Waals surface area contributed by atoms with Crippen LogP contribution in [0.4, 0.5) is 0 Å². The molecule has 0 bridgehead atoms. The summed E-state index contributed by atoms with van der Waals surface area (Å²) < 4.78 is 10.7. The Morgan fingerprint density at radius 2 is 0.435 bits per heavy atom. The highest BCUT2D eigenvalue weighted by Crippen LogP contribution is 2.15. The zero-order chi connectivity index (χ0) is 66.1. The van der Waals surface area contributed by atoms with Gasteiger partial charge < -0.3 is 14.6 Å². The van der Waals surface area contributed by atoms with E-state index in [0.717, 1.165) is 180 Å². The quantitative estimate of drug-likeness (QED) is 0.0373. The summed E-state index contributed by atoms with van der Waals surface area (Å²) >= 11 is 0. The van der Waals surface area contributed by atoms with Crippen molar-refractivity contribution >= 4 is 11.9 Å². The lowest BCUT2D eigenvalue weighted by Gasteiger charge is -2.15. The minimum Gasteiger partial charge on any atom is -0.462 e. The molecule has 0 radical (unpaired) electrons. The molecule has 1 unspecified atom stereocenters. The molecule has 1 N–H and O–H groups in total. The molecule has 0 saturated heterocycles. The second-order valence-corrected chi connectivity index (χ2v) is 23.2. The average molecular weight is 1260 g/mol. The van der Waals surface area contributed by atoms with E-state index < -0.39 is 6.10 Å². The van der Waals surface area contributed by atoms with Crippen molar-refractivity contribution in [2.45, 2.75) is 277 Å². The molecule has 0 spiro atoms. The van der Waals surface area contributed by atoms with Gasteiger partial charge in [-0.05, 0) is 167 Å². The predicted octanol–water partition coefficient (Wildman–Crippen LogP) is 26.2. The Kier molecular flexibility index (Phi) is 73.5. The van der Waals surface area contributed by atoms with Crippen molar-refractivity contribution in [3.05, 3.63) is 243 Å². The van der Waals surface area contributed by atoms with E-state index in [4.69, 9.17) is 9.47 Å². The standard InChI is InChI=1S/C87H132O5/c1-3-5-7-9-11-13-15-17-19-21-23-25-27-29-31-33-35-37-39-41-42-43-44-46-48-50-52-54-56-58-60-62-64-66-68-70-72-74-76-78-80-82-87(90)92-85(83-88)84-91-86(89)81-79-77-75-73-71-69-67-65-63-61-59-57-55-53-51-49-47-45-40-38-36-34-32-30-28-26-24-22-20-18-16-14-12-10-8-6-4-2/h5-8,11-14,17-20,23-26,29-32,35-38,41-42,44-47,50-53,56,58,62,64,68,70,85,88H,3-4,9-10,15-16,21-22,27-28,33-34,39-40,43,48-49,54-55,57,59-61,63,65-67,69,71-84H2,1-2H3/b7-5-,8-6-,13-11-,14-12-,19-17-,20-18-,25-23-,26-24-,31-29-,32-30-,37-35-,38-36-,42-41-,46-44-,47-45-,52-50-,53-51-,58-56-,64-62-,70-68-. The van der Waals surface area contributed by atoms with Gasteiger partial charge in [0.25, 0.3) is 0 Å². The third kappa shape index (κ3) is 76.2. The summed E-state index contributed by atoms with van der Waals surface area (Å²) in [6.07, 6.45) is 130. The summed E-state index contributed by atoms with van der Waals surface area (Å²) in [6, 6.07) is 0. The van der Waals surface area contributed by atoms with E-state index in [1.807, 2.05) is 0 Å². The Hall–Kier alpha value is -6.30. The maximum Gasteiger partial charge on any atom is 0.306 e. The Bertz CT molecular complexity index is 2270. The van der Waals surface area contributed by atoms with Crippen molar-refractivity contribution in [2.24, 2.45) is 0 Å². The largest absolute Gasteiger partial charge is 0.462 e. The smallest absolute Gasteiger partial charge is 0.306 e. The summed E-state index contributed by atoms with van der Waals surface area (Å²) in [5, 5.41) is 9.71. The van der Waals surface area contributed by atoms with Crippen LogP contribution in [-0.2, 0) is 19.1 Å². The molecule has 510 valence electrons. The van der Waals surface area contributed by atoms with Crippen LogP contribution in [0.25, 0.3) is 0 Å². The lowest BCUT2D eigenvalue weighted by atomic mass is 10.0. The fourth-order valence-corrected chi connectivity index (χ4v) is 9.26. The Morgan fingerprint density at radius 3 is 0.652 bits per heavy atom. The van der Waals surface area contributed by atoms with Gasteiger partial charge in [-0.3, -0.25) is 9.59 Å². The van der Waals surface area contributed by atoms with Gasteiger partial charge in [0.2, 0.25) is 0 Å². The van der Waals surface area contributed by atoms with Crippen molar-refractivity contribution in [1.82, 2.24) is 0 Å². The first-order valence-electron chi connectivity index (χ1n) is 36.6. The second-order valence-electron chi connectivity index (χ2n) is 23.2. The number of aliphatic hydroxyl groups excluding tert-OH is 1. The van der Waals surface area contributed by atoms with E-state index in [1.165, 1.54) is 64.2 Å². The molecule has 0 saturated carbocycles. The second kappa shape index (κ2) is 78.9. The fourth-order valence-electron chi connectivity index (χ4n) is 9.26. The lowest BCUT2D eigenvalue weighted by molar-refractivity contribution is -0.161. The van der Waals surface area contributed by atoms with Crippen molar-refractivity contribution in [3.63, 3.8) is 0 Å². The Balaban J connectivity index is 3.65. The van der Waals surface area contributed by atoms with Gasteiger partial charge >= 0.3 is 11.9 Å². The number of esters is 2. The van der Waals surface area contributed by atoms with Crippen LogP contribution in [-0.4, -0.2) is 36.4 Å². The van der Waals surface area contributed by atoms with Gasteiger partial charge in [-0.2, -0.15) is 0 Å². The molecule has 0 rings (SSSR count). The maximum absolute atomic E-state index is 12.4. The maximum atomic E-state index is 12.4. The van der Waals surface area contributed by atoms with Gasteiger partial charge in [-0.15, -0.1) is 0 Å². The number of hydrogen-bond donors (Lipinski definition) is 1. The monoisotopic (exact) mass is 1260 g/mol. The summed E-state index contributed by atoms with van der Waals surface area (Å²) in [6.45, 7) is 3.88. The molecule has 1 atom stereocenters.